The lowest BCUT2D eigenvalue weighted by atomic mass is 10.0. The van der Waals surface area contributed by atoms with E-state index in [-0.39, 0.29) is 17.5 Å². The van der Waals surface area contributed by atoms with Gasteiger partial charge in [0.1, 0.15) is 0 Å². The van der Waals surface area contributed by atoms with Crippen molar-refractivity contribution < 1.29 is 4.79 Å². The van der Waals surface area contributed by atoms with Crippen molar-refractivity contribution in [3.05, 3.63) is 71.4 Å². The van der Waals surface area contributed by atoms with Gasteiger partial charge in [0.05, 0.1) is 5.71 Å². The fourth-order valence-electron chi connectivity index (χ4n) is 2.97. The summed E-state index contributed by atoms with van der Waals surface area (Å²) in [6.45, 7) is 2.83. The van der Waals surface area contributed by atoms with Crippen LogP contribution < -0.4 is 4.90 Å². The smallest absolute Gasteiger partial charge is 0.206 e. The highest BCUT2D eigenvalue weighted by Crippen LogP contribution is 2.25. The first-order valence-corrected chi connectivity index (χ1v) is 8.87. The average molecular weight is 347 g/mol. The molecule has 1 aliphatic rings. The number of hydrogen-bond acceptors (Lipinski definition) is 4. The van der Waals surface area contributed by atoms with Gasteiger partial charge in [0.2, 0.25) is 5.78 Å². The Kier molecular flexibility index (Phi) is 5.33. The molecule has 0 aliphatic carbocycles. The van der Waals surface area contributed by atoms with Crippen molar-refractivity contribution in [3.8, 4) is 0 Å². The molecular formula is C22H25N3O. The molecule has 0 bridgehead atoms. The van der Waals surface area contributed by atoms with Crippen LogP contribution in [0.25, 0.3) is 6.08 Å². The number of carbonyl (C=O) groups excluding carboxylic acids is 1. The van der Waals surface area contributed by atoms with Gasteiger partial charge < -0.3 is 15.2 Å². The zero-order valence-corrected chi connectivity index (χ0v) is 15.6. The third-order valence-electron chi connectivity index (χ3n) is 4.95. The van der Waals surface area contributed by atoms with Crippen LogP contribution in [0.3, 0.4) is 0 Å². The molecule has 0 fully saturated rings. The van der Waals surface area contributed by atoms with Crippen LogP contribution in [0.1, 0.15) is 34.8 Å². The lowest BCUT2D eigenvalue weighted by molar-refractivity contribution is 0.106. The van der Waals surface area contributed by atoms with E-state index in [4.69, 9.17) is 5.41 Å². The predicted molar refractivity (Wildman–Crippen MR) is 108 cm³/mol. The fourth-order valence-corrected chi connectivity index (χ4v) is 2.97. The molecule has 0 radical (unpaired) electrons. The first kappa shape index (κ1) is 18.1. The fraction of sp³-hybridized carbons (Fsp3) is 0.273. The molecular weight excluding hydrogens is 322 g/mol. The molecule has 134 valence electrons. The number of rotatable bonds is 6. The van der Waals surface area contributed by atoms with E-state index >= 15 is 0 Å². The Morgan fingerprint density at radius 2 is 1.85 bits per heavy atom. The molecule has 0 saturated carbocycles. The second-order valence-electron chi connectivity index (χ2n) is 7.01. The van der Waals surface area contributed by atoms with Gasteiger partial charge in [-0.3, -0.25) is 4.79 Å². The maximum absolute atomic E-state index is 12.5. The first-order valence-electron chi connectivity index (χ1n) is 8.87. The SMILES string of the molecule is CC(CC(=N)C(=O)c1ccc(N2C=Cc3ccccc3C2)cc1)N(C)C. The molecule has 4 heteroatoms. The van der Waals surface area contributed by atoms with E-state index in [1.165, 1.54) is 11.1 Å². The Labute approximate surface area is 155 Å². The van der Waals surface area contributed by atoms with Crippen molar-refractivity contribution in [1.82, 2.24) is 4.90 Å². The van der Waals surface area contributed by atoms with Crippen LogP contribution in [0.2, 0.25) is 0 Å². The van der Waals surface area contributed by atoms with E-state index in [1.807, 2.05) is 56.3 Å². The van der Waals surface area contributed by atoms with Gasteiger partial charge in [-0.1, -0.05) is 24.3 Å². The third-order valence-corrected chi connectivity index (χ3v) is 4.95. The maximum atomic E-state index is 12.5. The maximum Gasteiger partial charge on any atom is 0.206 e. The highest BCUT2D eigenvalue weighted by molar-refractivity contribution is 6.45. The van der Waals surface area contributed by atoms with Crippen LogP contribution in [0.4, 0.5) is 5.69 Å². The van der Waals surface area contributed by atoms with Crippen LogP contribution in [0.15, 0.2) is 54.7 Å². The summed E-state index contributed by atoms with van der Waals surface area (Å²) in [7, 11) is 3.92. The van der Waals surface area contributed by atoms with E-state index in [9.17, 15) is 4.79 Å². The van der Waals surface area contributed by atoms with Gasteiger partial charge in [0, 0.05) is 36.5 Å². The molecule has 4 nitrogen and oxygen atoms in total. The monoisotopic (exact) mass is 347 g/mol. The number of hydrogen-bond donors (Lipinski definition) is 1. The molecule has 1 heterocycles. The normalized spacial score (nSPS) is 14.2. The minimum atomic E-state index is -0.190. The Morgan fingerprint density at radius 3 is 2.54 bits per heavy atom. The number of carbonyl (C=O) groups is 1. The predicted octanol–water partition coefficient (Wildman–Crippen LogP) is 4.22. The van der Waals surface area contributed by atoms with Crippen LogP contribution in [-0.2, 0) is 6.54 Å². The van der Waals surface area contributed by atoms with Crippen molar-refractivity contribution in [2.45, 2.75) is 25.9 Å². The zero-order valence-electron chi connectivity index (χ0n) is 15.6. The molecule has 1 N–H and O–H groups in total. The Morgan fingerprint density at radius 1 is 1.15 bits per heavy atom. The second-order valence-corrected chi connectivity index (χ2v) is 7.01. The molecule has 0 saturated heterocycles. The lowest BCUT2D eigenvalue weighted by Crippen LogP contribution is -2.29. The quantitative estimate of drug-likeness (QED) is 0.629. The van der Waals surface area contributed by atoms with E-state index in [1.54, 1.807) is 0 Å². The van der Waals surface area contributed by atoms with Gasteiger partial charge in [-0.05, 0) is 62.5 Å². The van der Waals surface area contributed by atoms with Gasteiger partial charge in [-0.15, -0.1) is 0 Å². The summed E-state index contributed by atoms with van der Waals surface area (Å²) in [5, 5.41) is 8.09. The van der Waals surface area contributed by atoms with Gasteiger partial charge >= 0.3 is 0 Å². The summed E-state index contributed by atoms with van der Waals surface area (Å²) in [5.74, 6) is -0.190. The van der Waals surface area contributed by atoms with Crippen LogP contribution in [-0.4, -0.2) is 36.5 Å². The van der Waals surface area contributed by atoms with Gasteiger partial charge in [0.25, 0.3) is 0 Å². The number of nitrogens with zero attached hydrogens (tertiary/aromatic N) is 2. The minimum absolute atomic E-state index is 0.158. The Balaban J connectivity index is 1.69. The largest absolute Gasteiger partial charge is 0.344 e. The molecule has 1 atom stereocenters. The van der Waals surface area contributed by atoms with Crippen LogP contribution >= 0.6 is 0 Å². The van der Waals surface area contributed by atoms with Crippen molar-refractivity contribution >= 4 is 23.3 Å². The molecule has 26 heavy (non-hydrogen) atoms. The number of ketones is 1. The summed E-state index contributed by atoms with van der Waals surface area (Å²) < 4.78 is 0. The lowest BCUT2D eigenvalue weighted by Gasteiger charge is -2.25. The molecule has 2 aromatic carbocycles. The number of fused-ring (bicyclic) bond motifs is 1. The highest BCUT2D eigenvalue weighted by Gasteiger charge is 2.17. The summed E-state index contributed by atoms with van der Waals surface area (Å²) in [6.07, 6.45) is 4.63. The zero-order chi connectivity index (χ0) is 18.7. The van der Waals surface area contributed by atoms with E-state index < -0.39 is 0 Å². The second kappa shape index (κ2) is 7.67. The minimum Gasteiger partial charge on any atom is -0.344 e. The van der Waals surface area contributed by atoms with Gasteiger partial charge in [-0.25, -0.2) is 0 Å². The summed E-state index contributed by atoms with van der Waals surface area (Å²) >= 11 is 0. The topological polar surface area (TPSA) is 47.4 Å². The van der Waals surface area contributed by atoms with Crippen LogP contribution in [0.5, 0.6) is 0 Å². The molecule has 1 unspecified atom stereocenters. The summed E-state index contributed by atoms with van der Waals surface area (Å²) in [6, 6.07) is 16.1. The van der Waals surface area contributed by atoms with Crippen molar-refractivity contribution in [3.63, 3.8) is 0 Å². The molecule has 0 aromatic heterocycles. The standard InChI is InChI=1S/C22H25N3O/c1-16(24(2)3)14-21(23)22(26)18-8-10-20(11-9-18)25-13-12-17-6-4-5-7-19(17)15-25/h4-13,16,23H,14-15H2,1-3H3. The highest BCUT2D eigenvalue weighted by atomic mass is 16.1. The first-order chi connectivity index (χ1) is 12.5. The number of nitrogens with one attached hydrogen (secondary N) is 1. The Bertz CT molecular complexity index is 837. The van der Waals surface area contributed by atoms with Crippen LogP contribution in [0, 0.1) is 5.41 Å². The summed E-state index contributed by atoms with van der Waals surface area (Å²) in [4.78, 5) is 16.7. The van der Waals surface area contributed by atoms with Crippen molar-refractivity contribution in [1.29, 1.82) is 5.41 Å². The number of benzene rings is 2. The number of anilines is 1. The van der Waals surface area contributed by atoms with Gasteiger partial charge in [0.15, 0.2) is 0 Å². The van der Waals surface area contributed by atoms with E-state index in [2.05, 4.69) is 35.4 Å². The number of Topliss-reactive ketones (excluding diaryl/α,β-unsaturated/α-hetero) is 1. The van der Waals surface area contributed by atoms with E-state index in [0.717, 1.165) is 12.2 Å². The molecule has 0 spiro atoms. The molecule has 1 aliphatic heterocycles. The summed E-state index contributed by atoms with van der Waals surface area (Å²) in [5.41, 5.74) is 4.31. The Hall–Kier alpha value is -2.72. The van der Waals surface area contributed by atoms with Gasteiger partial charge in [-0.2, -0.15) is 0 Å². The van der Waals surface area contributed by atoms with E-state index in [0.29, 0.717) is 12.0 Å². The average Bonchev–Trinajstić information content (AvgIpc) is 2.67. The molecule has 3 rings (SSSR count). The molecule has 0 amide bonds. The van der Waals surface area contributed by atoms with Crippen molar-refractivity contribution in [2.24, 2.45) is 0 Å². The molecule has 2 aromatic rings. The van der Waals surface area contributed by atoms with Crippen molar-refractivity contribution in [2.75, 3.05) is 19.0 Å². The third kappa shape index (κ3) is 3.92.